The predicted octanol–water partition coefficient (Wildman–Crippen LogP) is 3.66. The van der Waals surface area contributed by atoms with E-state index in [9.17, 15) is 27.6 Å². The van der Waals surface area contributed by atoms with Crippen molar-refractivity contribution in [3.63, 3.8) is 0 Å². The van der Waals surface area contributed by atoms with E-state index in [0.29, 0.717) is 17.7 Å². The molecule has 6 rings (SSSR count). The Morgan fingerprint density at radius 1 is 1.18 bits per heavy atom. The zero-order valence-electron chi connectivity index (χ0n) is 18.2. The van der Waals surface area contributed by atoms with Gasteiger partial charge in [0.25, 0.3) is 0 Å². The number of nitrogens with one attached hydrogen (secondary N) is 2. The molecule has 1 amide bonds. The molecular formula is C23H27F4N5O. The Kier molecular flexibility index (Phi) is 5.31. The number of nitrogens with zero attached hydrogens (tertiary/aromatic N) is 3. The van der Waals surface area contributed by atoms with Gasteiger partial charge >= 0.3 is 6.18 Å². The van der Waals surface area contributed by atoms with Crippen molar-refractivity contribution in [3.8, 4) is 6.07 Å². The minimum absolute atomic E-state index is 0.0396. The van der Waals surface area contributed by atoms with Gasteiger partial charge in [-0.1, -0.05) is 0 Å². The van der Waals surface area contributed by atoms with Crippen molar-refractivity contribution in [2.24, 2.45) is 11.8 Å². The van der Waals surface area contributed by atoms with Gasteiger partial charge in [-0.3, -0.25) is 4.79 Å². The molecule has 178 valence electrons. The quantitative estimate of drug-likeness (QED) is 0.649. The first-order valence-corrected chi connectivity index (χ1v) is 11.5. The summed E-state index contributed by atoms with van der Waals surface area (Å²) in [6.07, 6.45) is 0.925. The molecule has 33 heavy (non-hydrogen) atoms. The highest BCUT2D eigenvalue weighted by atomic mass is 19.4. The number of nitriles is 1. The molecule has 5 fully saturated rings. The second-order valence-electron chi connectivity index (χ2n) is 10.5. The molecule has 1 saturated heterocycles. The van der Waals surface area contributed by atoms with Crippen LogP contribution in [0, 0.1) is 23.2 Å². The molecule has 4 saturated carbocycles. The monoisotopic (exact) mass is 465 g/mol. The molecule has 2 heterocycles. The maximum atomic E-state index is 13.7. The summed E-state index contributed by atoms with van der Waals surface area (Å²) < 4.78 is 52.4. The van der Waals surface area contributed by atoms with E-state index in [1.807, 2.05) is 6.07 Å². The van der Waals surface area contributed by atoms with Gasteiger partial charge in [0.15, 0.2) is 0 Å². The summed E-state index contributed by atoms with van der Waals surface area (Å²) in [5.74, 6) is 1.09. The molecule has 0 radical (unpaired) electrons. The van der Waals surface area contributed by atoms with E-state index in [-0.39, 0.29) is 36.5 Å². The molecule has 5 aliphatic rings. The predicted molar refractivity (Wildman–Crippen MR) is 112 cm³/mol. The summed E-state index contributed by atoms with van der Waals surface area (Å²) in [4.78, 5) is 18.1. The third-order valence-electron chi connectivity index (χ3n) is 7.88. The second-order valence-corrected chi connectivity index (χ2v) is 10.5. The van der Waals surface area contributed by atoms with Crippen molar-refractivity contribution in [2.45, 2.75) is 74.4 Å². The van der Waals surface area contributed by atoms with Crippen LogP contribution in [0.3, 0.4) is 0 Å². The number of amides is 1. The fourth-order valence-corrected chi connectivity index (χ4v) is 7.07. The average Bonchev–Trinajstić information content (AvgIpc) is 3.11. The van der Waals surface area contributed by atoms with Crippen LogP contribution in [-0.4, -0.2) is 52.2 Å². The van der Waals surface area contributed by atoms with Crippen molar-refractivity contribution < 1.29 is 22.4 Å². The standard InChI is InChI=1S/C23H27F4N5O/c24-17-4-18(9-28)32(12-17)20(33)11-30-21-5-14-3-15(6-21)8-22(7-14,13-21)31-19-2-1-16(10-29-19)23(25,26)27/h1-2,10,14-15,17-18,30H,3-8,11-13H2,(H,29,31)/t14?,15?,17-,18-,21?,22?/m0/s1. The van der Waals surface area contributed by atoms with Gasteiger partial charge in [-0.2, -0.15) is 18.4 Å². The Hall–Kier alpha value is -2.41. The first-order valence-electron chi connectivity index (χ1n) is 11.5. The third kappa shape index (κ3) is 4.27. The van der Waals surface area contributed by atoms with E-state index < -0.39 is 24.0 Å². The molecule has 4 aliphatic carbocycles. The van der Waals surface area contributed by atoms with Crippen LogP contribution in [0.25, 0.3) is 0 Å². The van der Waals surface area contributed by atoms with Gasteiger partial charge in [-0.15, -0.1) is 0 Å². The molecule has 1 aliphatic heterocycles. The molecule has 2 unspecified atom stereocenters. The maximum Gasteiger partial charge on any atom is 0.417 e. The van der Waals surface area contributed by atoms with Crippen molar-refractivity contribution in [3.05, 3.63) is 23.9 Å². The minimum atomic E-state index is -4.42. The molecule has 1 aromatic rings. The Morgan fingerprint density at radius 2 is 1.88 bits per heavy atom. The number of hydrogen-bond acceptors (Lipinski definition) is 5. The van der Waals surface area contributed by atoms with Crippen molar-refractivity contribution in [2.75, 3.05) is 18.4 Å². The van der Waals surface area contributed by atoms with Crippen LogP contribution < -0.4 is 10.6 Å². The van der Waals surface area contributed by atoms with E-state index in [4.69, 9.17) is 0 Å². The Bertz CT molecular complexity index is 945. The van der Waals surface area contributed by atoms with Gasteiger partial charge in [-0.05, 0) is 62.5 Å². The maximum absolute atomic E-state index is 13.7. The van der Waals surface area contributed by atoms with Crippen LogP contribution in [0.2, 0.25) is 0 Å². The zero-order chi connectivity index (χ0) is 23.4. The average molecular weight is 465 g/mol. The number of carbonyl (C=O) groups is 1. The first-order chi connectivity index (χ1) is 15.6. The number of rotatable bonds is 5. The number of pyridine rings is 1. The largest absolute Gasteiger partial charge is 0.417 e. The normalized spacial score (nSPS) is 37.2. The van der Waals surface area contributed by atoms with E-state index in [1.54, 1.807) is 0 Å². The molecule has 4 atom stereocenters. The summed E-state index contributed by atoms with van der Waals surface area (Å²) in [7, 11) is 0. The van der Waals surface area contributed by atoms with Crippen LogP contribution in [0.1, 0.15) is 50.5 Å². The first kappa shape index (κ1) is 22.4. The summed E-state index contributed by atoms with van der Waals surface area (Å²) in [5.41, 5.74) is -1.31. The van der Waals surface area contributed by atoms with Gasteiger partial charge in [0.05, 0.1) is 24.7 Å². The van der Waals surface area contributed by atoms with Crippen molar-refractivity contribution >= 4 is 11.7 Å². The molecule has 1 aromatic heterocycles. The molecule has 10 heteroatoms. The van der Waals surface area contributed by atoms with Gasteiger partial charge < -0.3 is 15.5 Å². The Labute approximate surface area is 189 Å². The fraction of sp³-hybridized carbons (Fsp3) is 0.696. The second kappa shape index (κ2) is 7.83. The molecular weight excluding hydrogens is 438 g/mol. The Balaban J connectivity index is 1.28. The number of hydrogen-bond donors (Lipinski definition) is 2. The van der Waals surface area contributed by atoms with Crippen molar-refractivity contribution in [1.82, 2.24) is 15.2 Å². The Morgan fingerprint density at radius 3 is 2.48 bits per heavy atom. The van der Waals surface area contributed by atoms with E-state index in [0.717, 1.165) is 50.8 Å². The number of carbonyl (C=O) groups excluding carboxylic acids is 1. The zero-order valence-corrected chi connectivity index (χ0v) is 18.2. The van der Waals surface area contributed by atoms with Gasteiger partial charge in [-0.25, -0.2) is 9.37 Å². The highest BCUT2D eigenvalue weighted by Crippen LogP contribution is 2.58. The van der Waals surface area contributed by atoms with E-state index >= 15 is 0 Å². The number of aromatic nitrogens is 1. The van der Waals surface area contributed by atoms with Gasteiger partial charge in [0, 0.05) is 23.7 Å². The molecule has 6 nitrogen and oxygen atoms in total. The molecule has 0 spiro atoms. The van der Waals surface area contributed by atoms with Crippen LogP contribution in [0.4, 0.5) is 23.4 Å². The van der Waals surface area contributed by atoms with Crippen LogP contribution in [0.5, 0.6) is 0 Å². The lowest BCUT2D eigenvalue weighted by atomic mass is 9.50. The fourth-order valence-electron chi connectivity index (χ4n) is 7.07. The lowest BCUT2D eigenvalue weighted by Gasteiger charge is -2.62. The minimum Gasteiger partial charge on any atom is -0.365 e. The topological polar surface area (TPSA) is 81.0 Å². The number of likely N-dealkylation sites (tertiary alicyclic amines) is 1. The number of alkyl halides is 4. The number of halogens is 4. The third-order valence-corrected chi connectivity index (χ3v) is 7.88. The molecule has 2 N–H and O–H groups in total. The number of anilines is 1. The highest BCUT2D eigenvalue weighted by Gasteiger charge is 2.58. The lowest BCUT2D eigenvalue weighted by Crippen LogP contribution is -2.67. The van der Waals surface area contributed by atoms with Crippen LogP contribution in [-0.2, 0) is 11.0 Å². The lowest BCUT2D eigenvalue weighted by molar-refractivity contribution is -0.137. The summed E-state index contributed by atoms with van der Waals surface area (Å²) in [5, 5.41) is 16.1. The summed E-state index contributed by atoms with van der Waals surface area (Å²) in [6, 6.07) is 3.72. The summed E-state index contributed by atoms with van der Waals surface area (Å²) >= 11 is 0. The highest BCUT2D eigenvalue weighted by molar-refractivity contribution is 5.79. The van der Waals surface area contributed by atoms with Crippen LogP contribution >= 0.6 is 0 Å². The smallest absolute Gasteiger partial charge is 0.365 e. The SMILES string of the molecule is N#C[C@@H]1C[C@H](F)CN1C(=O)CNC12CC3CC(C1)CC(Nc1ccc(C(F)(F)F)cn1)(C3)C2. The molecule has 4 bridgehead atoms. The van der Waals surface area contributed by atoms with E-state index in [1.165, 1.54) is 11.0 Å². The van der Waals surface area contributed by atoms with Gasteiger partial charge in [0.2, 0.25) is 5.91 Å². The van der Waals surface area contributed by atoms with Crippen LogP contribution in [0.15, 0.2) is 18.3 Å². The summed E-state index contributed by atoms with van der Waals surface area (Å²) in [6.45, 7) is 0.0149. The molecule has 0 aromatic carbocycles. The van der Waals surface area contributed by atoms with E-state index in [2.05, 4.69) is 15.6 Å². The van der Waals surface area contributed by atoms with Gasteiger partial charge in [0.1, 0.15) is 18.0 Å². The van der Waals surface area contributed by atoms with Crippen molar-refractivity contribution in [1.29, 1.82) is 5.26 Å².